The van der Waals surface area contributed by atoms with Crippen molar-refractivity contribution in [3.05, 3.63) is 45.0 Å². The fourth-order valence-electron chi connectivity index (χ4n) is 1.67. The highest BCUT2D eigenvalue weighted by molar-refractivity contribution is 9.10. The molecule has 0 amide bonds. The van der Waals surface area contributed by atoms with E-state index in [0.29, 0.717) is 17.0 Å². The monoisotopic (exact) mass is 330 g/mol. The van der Waals surface area contributed by atoms with Gasteiger partial charge in [0.1, 0.15) is 6.07 Å². The first kappa shape index (κ1) is 12.1. The zero-order valence-corrected chi connectivity index (χ0v) is 12.0. The Hall–Kier alpha value is -1.97. The standard InChI is InChI=1S/C13H7BrN4S/c14-9-5-11-13(16-7-9)18-12(17-11)8(6-15)4-10-2-1-3-19-10/h1-5,7H,(H,16,17,18)/b8-4+. The first-order valence-electron chi connectivity index (χ1n) is 5.43. The van der Waals surface area contributed by atoms with E-state index in [1.54, 1.807) is 17.5 Å². The average molecular weight is 331 g/mol. The minimum absolute atomic E-state index is 0.497. The topological polar surface area (TPSA) is 65.4 Å². The fourth-order valence-corrected chi connectivity index (χ4v) is 2.66. The fraction of sp³-hybridized carbons (Fsp3) is 0. The van der Waals surface area contributed by atoms with Crippen molar-refractivity contribution < 1.29 is 0 Å². The second-order valence-corrected chi connectivity index (χ2v) is 5.69. The summed E-state index contributed by atoms with van der Waals surface area (Å²) < 4.78 is 0.871. The van der Waals surface area contributed by atoms with E-state index in [2.05, 4.69) is 37.0 Å². The van der Waals surface area contributed by atoms with Crippen LogP contribution in [0.25, 0.3) is 22.8 Å². The van der Waals surface area contributed by atoms with Crippen molar-refractivity contribution in [1.29, 1.82) is 5.26 Å². The molecule has 0 saturated carbocycles. The van der Waals surface area contributed by atoms with Crippen molar-refractivity contribution in [3.63, 3.8) is 0 Å². The Morgan fingerprint density at radius 3 is 3.16 bits per heavy atom. The maximum absolute atomic E-state index is 9.25. The maximum atomic E-state index is 9.25. The molecule has 0 bridgehead atoms. The van der Waals surface area contributed by atoms with Crippen molar-refractivity contribution in [1.82, 2.24) is 15.0 Å². The van der Waals surface area contributed by atoms with Gasteiger partial charge in [-0.2, -0.15) is 5.26 Å². The summed E-state index contributed by atoms with van der Waals surface area (Å²) in [7, 11) is 0. The van der Waals surface area contributed by atoms with Crippen LogP contribution in [0.2, 0.25) is 0 Å². The summed E-state index contributed by atoms with van der Waals surface area (Å²) in [5, 5.41) is 11.2. The lowest BCUT2D eigenvalue weighted by molar-refractivity contribution is 1.25. The van der Waals surface area contributed by atoms with Crippen LogP contribution >= 0.6 is 27.3 Å². The molecule has 0 aliphatic heterocycles. The Balaban J connectivity index is 2.10. The van der Waals surface area contributed by atoms with Crippen LogP contribution in [0.5, 0.6) is 0 Å². The van der Waals surface area contributed by atoms with Crippen LogP contribution in [0.15, 0.2) is 34.2 Å². The summed E-state index contributed by atoms with van der Waals surface area (Å²) in [5.41, 5.74) is 1.90. The predicted octanol–water partition coefficient (Wildman–Crippen LogP) is 3.85. The van der Waals surface area contributed by atoms with Gasteiger partial charge in [0, 0.05) is 15.5 Å². The molecule has 0 atom stereocenters. The molecule has 19 heavy (non-hydrogen) atoms. The Bertz CT molecular complexity index is 796. The molecule has 3 aromatic heterocycles. The van der Waals surface area contributed by atoms with E-state index in [0.717, 1.165) is 14.9 Å². The number of allylic oxidation sites excluding steroid dienone is 1. The van der Waals surface area contributed by atoms with E-state index in [1.165, 1.54) is 0 Å². The molecule has 0 aliphatic carbocycles. The number of aromatic amines is 1. The van der Waals surface area contributed by atoms with Crippen molar-refractivity contribution >= 4 is 50.1 Å². The van der Waals surface area contributed by atoms with Gasteiger partial charge in [0.05, 0.1) is 11.1 Å². The molecule has 0 radical (unpaired) electrons. The third-order valence-electron chi connectivity index (χ3n) is 2.51. The van der Waals surface area contributed by atoms with Crippen molar-refractivity contribution in [2.75, 3.05) is 0 Å². The smallest absolute Gasteiger partial charge is 0.178 e. The van der Waals surface area contributed by atoms with Crippen LogP contribution in [0.4, 0.5) is 0 Å². The van der Waals surface area contributed by atoms with E-state index in [4.69, 9.17) is 0 Å². The van der Waals surface area contributed by atoms with Gasteiger partial charge >= 0.3 is 0 Å². The lowest BCUT2D eigenvalue weighted by Crippen LogP contribution is -1.83. The van der Waals surface area contributed by atoms with Crippen LogP contribution in [0, 0.1) is 11.3 Å². The van der Waals surface area contributed by atoms with Crippen LogP contribution in [-0.4, -0.2) is 15.0 Å². The van der Waals surface area contributed by atoms with Crippen LogP contribution in [0.3, 0.4) is 0 Å². The number of nitriles is 1. The van der Waals surface area contributed by atoms with Gasteiger partial charge in [0.25, 0.3) is 0 Å². The highest BCUT2D eigenvalue weighted by Crippen LogP contribution is 2.21. The Kier molecular flexibility index (Phi) is 3.15. The minimum atomic E-state index is 0.497. The molecule has 0 fully saturated rings. The minimum Gasteiger partial charge on any atom is -0.336 e. The number of fused-ring (bicyclic) bond motifs is 1. The zero-order valence-electron chi connectivity index (χ0n) is 9.59. The van der Waals surface area contributed by atoms with Gasteiger partial charge in [-0.3, -0.25) is 0 Å². The lowest BCUT2D eigenvalue weighted by Gasteiger charge is -1.91. The molecule has 3 rings (SSSR count). The van der Waals surface area contributed by atoms with E-state index in [9.17, 15) is 5.26 Å². The Labute approximate surface area is 121 Å². The summed E-state index contributed by atoms with van der Waals surface area (Å²) >= 11 is 4.93. The number of H-pyrrole nitrogens is 1. The lowest BCUT2D eigenvalue weighted by atomic mass is 10.2. The number of hydrogen-bond donors (Lipinski definition) is 1. The molecule has 6 heteroatoms. The van der Waals surface area contributed by atoms with Crippen molar-refractivity contribution in [2.24, 2.45) is 0 Å². The number of pyridine rings is 1. The molecule has 92 valence electrons. The van der Waals surface area contributed by atoms with Crippen LogP contribution in [-0.2, 0) is 0 Å². The maximum Gasteiger partial charge on any atom is 0.178 e. The second kappa shape index (κ2) is 4.96. The van der Waals surface area contributed by atoms with Crippen molar-refractivity contribution in [2.45, 2.75) is 0 Å². The Morgan fingerprint density at radius 2 is 2.42 bits per heavy atom. The third kappa shape index (κ3) is 2.43. The molecule has 0 unspecified atom stereocenters. The van der Waals surface area contributed by atoms with Crippen molar-refractivity contribution in [3.8, 4) is 6.07 Å². The van der Waals surface area contributed by atoms with Gasteiger partial charge < -0.3 is 4.98 Å². The normalized spacial score (nSPS) is 11.7. The summed E-state index contributed by atoms with van der Waals surface area (Å²) in [6, 6.07) is 7.96. The number of aromatic nitrogens is 3. The molecule has 1 N–H and O–H groups in total. The van der Waals surface area contributed by atoms with E-state index < -0.39 is 0 Å². The zero-order chi connectivity index (χ0) is 13.2. The molecule has 3 aromatic rings. The first-order valence-corrected chi connectivity index (χ1v) is 7.10. The molecular formula is C13H7BrN4S. The number of thiophene rings is 1. The first-order chi connectivity index (χ1) is 9.26. The highest BCUT2D eigenvalue weighted by Gasteiger charge is 2.09. The third-order valence-corrected chi connectivity index (χ3v) is 3.76. The molecule has 3 heterocycles. The highest BCUT2D eigenvalue weighted by atomic mass is 79.9. The molecule has 0 aliphatic rings. The van der Waals surface area contributed by atoms with E-state index in [1.807, 2.05) is 29.7 Å². The molecule has 0 spiro atoms. The van der Waals surface area contributed by atoms with E-state index >= 15 is 0 Å². The SMILES string of the molecule is N#C/C(=C\c1cccs1)c1nc2ncc(Br)cc2[nH]1. The average Bonchev–Trinajstić information content (AvgIpc) is 3.03. The largest absolute Gasteiger partial charge is 0.336 e. The van der Waals surface area contributed by atoms with E-state index in [-0.39, 0.29) is 0 Å². The second-order valence-electron chi connectivity index (χ2n) is 3.80. The van der Waals surface area contributed by atoms with Gasteiger partial charge in [0.15, 0.2) is 11.5 Å². The molecule has 4 nitrogen and oxygen atoms in total. The number of imidazole rings is 1. The quantitative estimate of drug-likeness (QED) is 0.726. The van der Waals surface area contributed by atoms with Gasteiger partial charge in [-0.25, -0.2) is 9.97 Å². The molecular weight excluding hydrogens is 324 g/mol. The van der Waals surface area contributed by atoms with Crippen LogP contribution < -0.4 is 0 Å². The number of halogens is 1. The number of nitrogens with zero attached hydrogens (tertiary/aromatic N) is 3. The molecule has 0 aromatic carbocycles. The molecule has 0 saturated heterocycles. The number of nitrogens with one attached hydrogen (secondary N) is 1. The van der Waals surface area contributed by atoms with Crippen LogP contribution in [0.1, 0.15) is 10.7 Å². The summed E-state index contributed by atoms with van der Waals surface area (Å²) in [6.45, 7) is 0. The number of hydrogen-bond acceptors (Lipinski definition) is 4. The van der Waals surface area contributed by atoms with Gasteiger partial charge in [-0.05, 0) is 39.5 Å². The van der Waals surface area contributed by atoms with Gasteiger partial charge in [-0.1, -0.05) is 6.07 Å². The Morgan fingerprint density at radius 1 is 1.53 bits per heavy atom. The number of rotatable bonds is 2. The van der Waals surface area contributed by atoms with Gasteiger partial charge in [-0.15, -0.1) is 11.3 Å². The predicted molar refractivity (Wildman–Crippen MR) is 79.4 cm³/mol. The summed E-state index contributed by atoms with van der Waals surface area (Å²) in [6.07, 6.45) is 3.50. The van der Waals surface area contributed by atoms with Gasteiger partial charge in [0.2, 0.25) is 0 Å². The summed E-state index contributed by atoms with van der Waals surface area (Å²) in [5.74, 6) is 0.538. The summed E-state index contributed by atoms with van der Waals surface area (Å²) in [4.78, 5) is 12.7.